The molecule has 0 aliphatic heterocycles. The number of aryl methyl sites for hydroxylation is 2. The number of benzene rings is 2. The van der Waals surface area contributed by atoms with Crippen LogP contribution in [0.2, 0.25) is 0 Å². The van der Waals surface area contributed by atoms with E-state index >= 15 is 0 Å². The molecule has 0 bridgehead atoms. The van der Waals surface area contributed by atoms with Gasteiger partial charge in [-0.3, -0.25) is 5.32 Å². The van der Waals surface area contributed by atoms with E-state index < -0.39 is 23.6 Å². The van der Waals surface area contributed by atoms with Gasteiger partial charge in [-0.2, -0.15) is 13.2 Å². The Hall–Kier alpha value is -3.41. The van der Waals surface area contributed by atoms with E-state index in [0.717, 1.165) is 23.0 Å². The fourth-order valence-electron chi connectivity index (χ4n) is 2.78. The van der Waals surface area contributed by atoms with Crippen molar-refractivity contribution in [1.82, 2.24) is 10.2 Å². The highest BCUT2D eigenvalue weighted by Gasteiger charge is 2.31. The molecule has 0 saturated heterocycles. The summed E-state index contributed by atoms with van der Waals surface area (Å²) in [7, 11) is 3.09. The van der Waals surface area contributed by atoms with Crippen LogP contribution in [0.15, 0.2) is 36.4 Å². The van der Waals surface area contributed by atoms with Gasteiger partial charge in [0.2, 0.25) is 5.13 Å². The molecule has 3 aromatic rings. The molecule has 170 valence electrons. The van der Waals surface area contributed by atoms with Crippen LogP contribution in [0, 0.1) is 5.82 Å². The van der Waals surface area contributed by atoms with E-state index in [9.17, 15) is 22.4 Å². The van der Waals surface area contributed by atoms with Crippen molar-refractivity contribution in [2.75, 3.05) is 24.9 Å². The molecule has 0 spiro atoms. The van der Waals surface area contributed by atoms with E-state index in [-0.39, 0.29) is 10.8 Å². The second-order valence-electron chi connectivity index (χ2n) is 6.50. The molecule has 32 heavy (non-hydrogen) atoms. The van der Waals surface area contributed by atoms with Crippen molar-refractivity contribution in [3.8, 4) is 11.5 Å². The van der Waals surface area contributed by atoms with Gasteiger partial charge in [0.05, 0.1) is 19.8 Å². The molecular weight excluding hydrogens is 452 g/mol. The SMILES string of the molecule is COc1ccc(CCc2nnc(NC(=O)Nc3cc(F)cc(C(F)(F)F)c3)s2)cc1OC. The summed E-state index contributed by atoms with van der Waals surface area (Å²) in [6.07, 6.45) is -3.57. The number of rotatable bonds is 7. The number of aromatic nitrogens is 2. The molecular formula is C20H18F4N4O3S. The van der Waals surface area contributed by atoms with Crippen LogP contribution in [0.25, 0.3) is 0 Å². The monoisotopic (exact) mass is 470 g/mol. The number of nitrogens with zero attached hydrogens (tertiary/aromatic N) is 2. The Labute approximate surface area is 184 Å². The Morgan fingerprint density at radius 1 is 1.00 bits per heavy atom. The number of anilines is 2. The third-order valence-corrected chi connectivity index (χ3v) is 5.14. The second kappa shape index (κ2) is 9.81. The average molecular weight is 470 g/mol. The van der Waals surface area contributed by atoms with Crippen LogP contribution >= 0.6 is 11.3 Å². The largest absolute Gasteiger partial charge is 0.493 e. The Kier molecular flexibility index (Phi) is 7.13. The average Bonchev–Trinajstić information content (AvgIpc) is 3.18. The van der Waals surface area contributed by atoms with Crippen molar-refractivity contribution >= 4 is 28.2 Å². The van der Waals surface area contributed by atoms with E-state index in [0.29, 0.717) is 41.5 Å². The van der Waals surface area contributed by atoms with Gasteiger partial charge >= 0.3 is 12.2 Å². The van der Waals surface area contributed by atoms with Crippen LogP contribution in [0.1, 0.15) is 16.1 Å². The molecule has 2 N–H and O–H groups in total. The number of carbonyl (C=O) groups is 1. The molecule has 0 fully saturated rings. The maximum atomic E-state index is 13.4. The summed E-state index contributed by atoms with van der Waals surface area (Å²) in [5, 5.41) is 13.2. The van der Waals surface area contributed by atoms with E-state index in [1.165, 1.54) is 0 Å². The van der Waals surface area contributed by atoms with Crippen LogP contribution in [0.3, 0.4) is 0 Å². The molecule has 0 aliphatic carbocycles. The highest BCUT2D eigenvalue weighted by molar-refractivity contribution is 7.15. The van der Waals surface area contributed by atoms with Gasteiger partial charge < -0.3 is 14.8 Å². The first kappa shape index (κ1) is 23.3. The summed E-state index contributed by atoms with van der Waals surface area (Å²) >= 11 is 1.12. The van der Waals surface area contributed by atoms with Crippen molar-refractivity contribution < 1.29 is 31.8 Å². The Morgan fingerprint density at radius 3 is 2.44 bits per heavy atom. The van der Waals surface area contributed by atoms with Crippen LogP contribution in [0.4, 0.5) is 33.2 Å². The number of nitrogens with one attached hydrogen (secondary N) is 2. The lowest BCUT2D eigenvalue weighted by atomic mass is 10.1. The molecule has 0 unspecified atom stereocenters. The fraction of sp³-hybridized carbons (Fsp3) is 0.250. The number of ether oxygens (including phenoxy) is 2. The van der Waals surface area contributed by atoms with Crippen LogP contribution in [-0.2, 0) is 19.0 Å². The van der Waals surface area contributed by atoms with Gasteiger partial charge in [-0.25, -0.2) is 9.18 Å². The minimum atomic E-state index is -4.74. The van der Waals surface area contributed by atoms with Crippen molar-refractivity contribution in [2.45, 2.75) is 19.0 Å². The number of alkyl halides is 3. The number of hydrogen-bond donors (Lipinski definition) is 2. The van der Waals surface area contributed by atoms with E-state index in [2.05, 4.69) is 20.8 Å². The predicted molar refractivity (Wildman–Crippen MR) is 111 cm³/mol. The van der Waals surface area contributed by atoms with Gasteiger partial charge in [0, 0.05) is 12.1 Å². The molecule has 1 aromatic heterocycles. The summed E-state index contributed by atoms with van der Waals surface area (Å²) in [6.45, 7) is 0. The molecule has 2 amide bonds. The third kappa shape index (κ3) is 6.06. The minimum Gasteiger partial charge on any atom is -0.493 e. The maximum Gasteiger partial charge on any atom is 0.416 e. The zero-order chi connectivity index (χ0) is 23.3. The normalized spacial score (nSPS) is 11.2. The molecule has 3 rings (SSSR count). The first-order chi connectivity index (χ1) is 15.2. The lowest BCUT2D eigenvalue weighted by Gasteiger charge is -2.10. The maximum absolute atomic E-state index is 13.4. The molecule has 0 saturated carbocycles. The molecule has 0 aliphatic rings. The van der Waals surface area contributed by atoms with Gasteiger partial charge in [-0.1, -0.05) is 17.4 Å². The number of methoxy groups -OCH3 is 2. The van der Waals surface area contributed by atoms with Gasteiger partial charge in [0.1, 0.15) is 10.8 Å². The Morgan fingerprint density at radius 2 is 1.75 bits per heavy atom. The fourth-order valence-corrected chi connectivity index (χ4v) is 3.51. The molecule has 12 heteroatoms. The van der Waals surface area contributed by atoms with E-state index in [4.69, 9.17) is 9.47 Å². The van der Waals surface area contributed by atoms with E-state index in [1.54, 1.807) is 20.3 Å². The highest BCUT2D eigenvalue weighted by atomic mass is 32.1. The van der Waals surface area contributed by atoms with Crippen LogP contribution < -0.4 is 20.1 Å². The van der Waals surface area contributed by atoms with Gasteiger partial charge in [0.15, 0.2) is 11.5 Å². The lowest BCUT2D eigenvalue weighted by Crippen LogP contribution is -2.20. The molecule has 7 nitrogen and oxygen atoms in total. The number of amides is 2. The Bertz CT molecular complexity index is 1100. The number of hydrogen-bond acceptors (Lipinski definition) is 6. The molecule has 2 aromatic carbocycles. The summed E-state index contributed by atoms with van der Waals surface area (Å²) < 4.78 is 62.3. The summed E-state index contributed by atoms with van der Waals surface area (Å²) in [6, 6.07) is 6.43. The zero-order valence-electron chi connectivity index (χ0n) is 16.9. The highest BCUT2D eigenvalue weighted by Crippen LogP contribution is 2.32. The number of urea groups is 1. The van der Waals surface area contributed by atoms with Crippen LogP contribution in [0.5, 0.6) is 11.5 Å². The Balaban J connectivity index is 1.58. The van der Waals surface area contributed by atoms with E-state index in [1.807, 2.05) is 12.1 Å². The second-order valence-corrected chi connectivity index (χ2v) is 7.56. The number of carbonyl (C=O) groups excluding carboxylic acids is 1. The minimum absolute atomic E-state index is 0.150. The van der Waals surface area contributed by atoms with Gasteiger partial charge in [0.25, 0.3) is 0 Å². The van der Waals surface area contributed by atoms with Crippen molar-refractivity contribution in [3.05, 3.63) is 58.3 Å². The lowest BCUT2D eigenvalue weighted by molar-refractivity contribution is -0.137. The summed E-state index contributed by atoms with van der Waals surface area (Å²) in [5.41, 5.74) is -0.564. The smallest absolute Gasteiger partial charge is 0.416 e. The molecule has 0 radical (unpaired) electrons. The van der Waals surface area contributed by atoms with Crippen molar-refractivity contribution in [1.29, 1.82) is 0 Å². The topological polar surface area (TPSA) is 85.4 Å². The molecule has 1 heterocycles. The predicted octanol–water partition coefficient (Wildman–Crippen LogP) is 5.14. The first-order valence-electron chi connectivity index (χ1n) is 9.17. The summed E-state index contributed by atoms with van der Waals surface area (Å²) in [5.74, 6) is 0.0983. The molecule has 0 atom stereocenters. The van der Waals surface area contributed by atoms with Gasteiger partial charge in [-0.15, -0.1) is 10.2 Å². The quantitative estimate of drug-likeness (QED) is 0.467. The van der Waals surface area contributed by atoms with Crippen molar-refractivity contribution in [2.24, 2.45) is 0 Å². The van der Waals surface area contributed by atoms with Crippen LogP contribution in [-0.4, -0.2) is 30.4 Å². The standard InChI is InChI=1S/C20H18F4N4O3S/c1-30-15-5-3-11(7-16(15)31-2)4-6-17-27-28-19(32-17)26-18(29)25-14-9-12(20(22,23)24)8-13(21)10-14/h3,5,7-10H,4,6H2,1-2H3,(H2,25,26,28,29). The van der Waals surface area contributed by atoms with Gasteiger partial charge in [-0.05, 0) is 42.3 Å². The summed E-state index contributed by atoms with van der Waals surface area (Å²) in [4.78, 5) is 12.1. The van der Waals surface area contributed by atoms with Crippen molar-refractivity contribution in [3.63, 3.8) is 0 Å². The zero-order valence-corrected chi connectivity index (χ0v) is 17.7. The first-order valence-corrected chi connectivity index (χ1v) is 9.98. The third-order valence-electron chi connectivity index (χ3n) is 4.25. The number of halogens is 4.